The van der Waals surface area contributed by atoms with Crippen molar-refractivity contribution in [2.75, 3.05) is 26.2 Å². The largest absolute Gasteiger partial charge is 0.467 e. The number of likely N-dealkylation sites (tertiary alicyclic amines) is 1. The Hall–Kier alpha value is -2.72. The van der Waals surface area contributed by atoms with Gasteiger partial charge in [-0.25, -0.2) is 13.4 Å². The number of hydrogen-bond donors (Lipinski definition) is 0. The Morgan fingerprint density at radius 2 is 1.80 bits per heavy atom. The molecule has 1 fully saturated rings. The summed E-state index contributed by atoms with van der Waals surface area (Å²) < 4.78 is 34.0. The first-order chi connectivity index (χ1) is 16.8. The minimum absolute atomic E-state index is 0.0355. The van der Waals surface area contributed by atoms with E-state index in [1.165, 1.54) is 39.9 Å². The number of rotatable bonds is 9. The summed E-state index contributed by atoms with van der Waals surface area (Å²) in [4.78, 5) is 19.4. The van der Waals surface area contributed by atoms with Crippen LogP contribution in [0.15, 0.2) is 72.7 Å². The Morgan fingerprint density at radius 1 is 1.14 bits per heavy atom. The van der Waals surface area contributed by atoms with E-state index in [1.807, 2.05) is 12.1 Å². The third-order valence-electron chi connectivity index (χ3n) is 5.75. The molecule has 0 unspecified atom stereocenters. The first-order valence-corrected chi connectivity index (χ1v) is 13.8. The monoisotopic (exact) mass is 531 g/mol. The Bertz CT molecular complexity index is 1320. The van der Waals surface area contributed by atoms with Crippen LogP contribution in [0.3, 0.4) is 0 Å². The van der Waals surface area contributed by atoms with Gasteiger partial charge in [-0.05, 0) is 36.4 Å². The van der Waals surface area contributed by atoms with Gasteiger partial charge >= 0.3 is 0 Å². The highest BCUT2D eigenvalue weighted by Crippen LogP contribution is 2.33. The number of nitrogens with zero attached hydrogens (tertiary/aromatic N) is 3. The van der Waals surface area contributed by atoms with Gasteiger partial charge in [-0.3, -0.25) is 4.79 Å². The Labute approximate surface area is 214 Å². The lowest BCUT2D eigenvalue weighted by atomic mass is 10.1. The molecule has 1 amide bonds. The van der Waals surface area contributed by atoms with Crippen LogP contribution >= 0.6 is 22.9 Å². The second-order valence-electron chi connectivity index (χ2n) is 8.10. The van der Waals surface area contributed by atoms with Gasteiger partial charge in [0.15, 0.2) is 0 Å². The first kappa shape index (κ1) is 25.4. The molecule has 0 bridgehead atoms. The highest BCUT2D eigenvalue weighted by molar-refractivity contribution is 7.89. The molecule has 1 saturated heterocycles. The second kappa shape index (κ2) is 10.9. The number of carbonyl (C=O) groups is 1. The fourth-order valence-corrected chi connectivity index (χ4v) is 6.49. The zero-order valence-corrected chi connectivity index (χ0v) is 21.5. The number of amides is 1. The number of benzene rings is 2. The first-order valence-electron chi connectivity index (χ1n) is 11.2. The minimum Gasteiger partial charge on any atom is -0.467 e. The molecule has 10 heteroatoms. The van der Waals surface area contributed by atoms with Crippen LogP contribution in [0.25, 0.3) is 10.2 Å². The van der Waals surface area contributed by atoms with Gasteiger partial charge in [0, 0.05) is 44.6 Å². The van der Waals surface area contributed by atoms with Crippen LogP contribution in [0.5, 0.6) is 5.19 Å². The minimum atomic E-state index is -3.71. The number of thiazole rings is 1. The van der Waals surface area contributed by atoms with Gasteiger partial charge in [-0.15, -0.1) is 13.2 Å². The van der Waals surface area contributed by atoms with Crippen LogP contribution in [-0.2, 0) is 10.0 Å². The predicted octanol–water partition coefficient (Wildman–Crippen LogP) is 5.00. The topological polar surface area (TPSA) is 79.8 Å². The van der Waals surface area contributed by atoms with Gasteiger partial charge in [-0.2, -0.15) is 4.31 Å². The number of fused-ring (bicyclic) bond motifs is 1. The predicted molar refractivity (Wildman–Crippen MR) is 140 cm³/mol. The van der Waals surface area contributed by atoms with Gasteiger partial charge in [0.2, 0.25) is 10.0 Å². The van der Waals surface area contributed by atoms with E-state index in [4.69, 9.17) is 16.3 Å². The van der Waals surface area contributed by atoms with Gasteiger partial charge in [-0.1, -0.05) is 41.2 Å². The molecule has 3 aromatic rings. The normalized spacial score (nSPS) is 14.9. The van der Waals surface area contributed by atoms with Crippen LogP contribution < -0.4 is 4.74 Å². The molecule has 0 spiro atoms. The molecule has 1 aliphatic heterocycles. The smallest absolute Gasteiger partial charge is 0.274 e. The number of piperidine rings is 1. The van der Waals surface area contributed by atoms with Crippen molar-refractivity contribution in [3.63, 3.8) is 0 Å². The van der Waals surface area contributed by atoms with Crippen molar-refractivity contribution in [1.29, 1.82) is 0 Å². The molecule has 35 heavy (non-hydrogen) atoms. The summed E-state index contributed by atoms with van der Waals surface area (Å²) in [5.41, 5.74) is 1.19. The van der Waals surface area contributed by atoms with E-state index in [2.05, 4.69) is 18.1 Å². The Kier molecular flexibility index (Phi) is 7.91. The summed E-state index contributed by atoms with van der Waals surface area (Å²) in [5.74, 6) is -0.131. The summed E-state index contributed by atoms with van der Waals surface area (Å²) in [6.07, 6.45) is 4.38. The quantitative estimate of drug-likeness (QED) is 0.363. The maximum Gasteiger partial charge on any atom is 0.274 e. The lowest BCUT2D eigenvalue weighted by molar-refractivity contribution is 0.0595. The van der Waals surface area contributed by atoms with Crippen LogP contribution in [0.2, 0.25) is 5.02 Å². The molecular formula is C25H26ClN3O4S2. The maximum atomic E-state index is 13.0. The van der Waals surface area contributed by atoms with E-state index in [9.17, 15) is 13.2 Å². The standard InChI is InChI=1S/C25H26ClN3O4S2/c1-3-14-29(15-4-2)35(31,32)20-10-8-18(9-11-20)24(30)28-16-12-19(13-17-28)33-25-27-23-21(26)6-5-7-22(23)34-25/h3-11,19H,1-2,12-17H2. The molecule has 0 aliphatic carbocycles. The van der Waals surface area contributed by atoms with E-state index in [0.717, 1.165) is 10.2 Å². The van der Waals surface area contributed by atoms with Crippen molar-refractivity contribution in [3.8, 4) is 5.19 Å². The van der Waals surface area contributed by atoms with Crippen molar-refractivity contribution < 1.29 is 17.9 Å². The van der Waals surface area contributed by atoms with Crippen LogP contribution in [0.1, 0.15) is 23.2 Å². The molecule has 0 atom stereocenters. The van der Waals surface area contributed by atoms with E-state index in [1.54, 1.807) is 23.1 Å². The average molecular weight is 532 g/mol. The Morgan fingerprint density at radius 3 is 2.40 bits per heavy atom. The van der Waals surface area contributed by atoms with Crippen molar-refractivity contribution in [2.24, 2.45) is 0 Å². The molecule has 2 aromatic carbocycles. The van der Waals surface area contributed by atoms with Crippen LogP contribution in [0.4, 0.5) is 0 Å². The summed E-state index contributed by atoms with van der Waals surface area (Å²) >= 11 is 7.66. The number of hydrogen-bond acceptors (Lipinski definition) is 6. The molecule has 1 aliphatic rings. The van der Waals surface area contributed by atoms with Crippen molar-refractivity contribution >= 4 is 49.1 Å². The van der Waals surface area contributed by atoms with E-state index < -0.39 is 10.0 Å². The molecule has 0 N–H and O–H groups in total. The summed E-state index contributed by atoms with van der Waals surface area (Å²) in [6, 6.07) is 11.7. The molecule has 7 nitrogen and oxygen atoms in total. The third kappa shape index (κ3) is 5.59. The maximum absolute atomic E-state index is 13.0. The fraction of sp³-hybridized carbons (Fsp3) is 0.280. The van der Waals surface area contributed by atoms with Crippen molar-refractivity contribution in [3.05, 3.63) is 78.4 Å². The number of halogens is 1. The third-order valence-corrected chi connectivity index (χ3v) is 8.81. The van der Waals surface area contributed by atoms with Crippen molar-refractivity contribution in [1.82, 2.24) is 14.2 Å². The highest BCUT2D eigenvalue weighted by atomic mass is 35.5. The van der Waals surface area contributed by atoms with Gasteiger partial charge in [0.1, 0.15) is 11.6 Å². The van der Waals surface area contributed by atoms with E-state index in [0.29, 0.717) is 41.7 Å². The number of ether oxygens (including phenoxy) is 1. The van der Waals surface area contributed by atoms with Crippen LogP contribution in [0, 0.1) is 0 Å². The van der Waals surface area contributed by atoms with E-state index >= 15 is 0 Å². The number of para-hydroxylation sites is 1. The molecule has 0 saturated carbocycles. The number of aromatic nitrogens is 1. The number of sulfonamides is 1. The van der Waals surface area contributed by atoms with Crippen LogP contribution in [-0.4, -0.2) is 60.8 Å². The highest BCUT2D eigenvalue weighted by Gasteiger charge is 2.27. The van der Waals surface area contributed by atoms with Gasteiger partial charge in [0.25, 0.3) is 11.1 Å². The zero-order valence-electron chi connectivity index (χ0n) is 19.1. The molecule has 184 valence electrons. The summed E-state index contributed by atoms with van der Waals surface area (Å²) in [5, 5.41) is 1.18. The van der Waals surface area contributed by atoms with Crippen molar-refractivity contribution in [2.45, 2.75) is 23.8 Å². The molecule has 1 aromatic heterocycles. The fourth-order valence-electron chi connectivity index (χ4n) is 3.92. The molecule has 2 heterocycles. The van der Waals surface area contributed by atoms with Gasteiger partial charge < -0.3 is 9.64 Å². The summed E-state index contributed by atoms with van der Waals surface area (Å²) in [7, 11) is -3.71. The lowest BCUT2D eigenvalue weighted by Crippen LogP contribution is -2.41. The molecular weight excluding hydrogens is 506 g/mol. The summed E-state index contributed by atoms with van der Waals surface area (Å²) in [6.45, 7) is 8.67. The number of carbonyl (C=O) groups excluding carboxylic acids is 1. The zero-order chi connectivity index (χ0) is 25.0. The van der Waals surface area contributed by atoms with Gasteiger partial charge in [0.05, 0.1) is 14.6 Å². The Balaban J connectivity index is 1.37. The average Bonchev–Trinajstić information content (AvgIpc) is 3.28. The lowest BCUT2D eigenvalue weighted by Gasteiger charge is -2.31. The van der Waals surface area contributed by atoms with E-state index in [-0.39, 0.29) is 30.0 Å². The second-order valence-corrected chi connectivity index (χ2v) is 11.4. The molecule has 4 rings (SSSR count). The SMILES string of the molecule is C=CCN(CC=C)S(=O)(=O)c1ccc(C(=O)N2CCC(Oc3nc4c(Cl)cccc4s3)CC2)cc1. The molecule has 0 radical (unpaired) electrons.